The Labute approximate surface area is 145 Å². The van der Waals surface area contributed by atoms with Crippen molar-refractivity contribution in [3.05, 3.63) is 64.1 Å². The highest BCUT2D eigenvalue weighted by atomic mass is 16.6. The predicted octanol–water partition coefficient (Wildman–Crippen LogP) is 3.15. The van der Waals surface area contributed by atoms with Gasteiger partial charge in [-0.25, -0.2) is 14.6 Å². The van der Waals surface area contributed by atoms with Gasteiger partial charge in [-0.2, -0.15) is 0 Å². The SMILES string of the molecule is CCOC(=O)c1c(C)[nH]c(/C=C2\N=C(c3ccccc3)OC2=O)c1C. The Morgan fingerprint density at radius 1 is 1.28 bits per heavy atom. The Bertz CT molecular complexity index is 892. The first kappa shape index (κ1) is 16.7. The third kappa shape index (κ3) is 3.24. The molecule has 0 fully saturated rings. The van der Waals surface area contributed by atoms with Gasteiger partial charge in [-0.1, -0.05) is 18.2 Å². The number of esters is 2. The molecule has 128 valence electrons. The number of benzene rings is 1. The molecule has 1 aliphatic heterocycles. The molecule has 0 amide bonds. The summed E-state index contributed by atoms with van der Waals surface area (Å²) in [7, 11) is 0. The van der Waals surface area contributed by atoms with Gasteiger partial charge >= 0.3 is 11.9 Å². The molecule has 2 aromatic rings. The van der Waals surface area contributed by atoms with E-state index < -0.39 is 5.97 Å². The lowest BCUT2D eigenvalue weighted by atomic mass is 10.1. The second-order valence-electron chi connectivity index (χ2n) is 5.59. The van der Waals surface area contributed by atoms with Gasteiger partial charge in [0.2, 0.25) is 5.90 Å². The third-order valence-corrected chi connectivity index (χ3v) is 3.88. The molecule has 0 saturated carbocycles. The highest BCUT2D eigenvalue weighted by molar-refractivity contribution is 6.13. The molecular weight excluding hydrogens is 320 g/mol. The van der Waals surface area contributed by atoms with Crippen LogP contribution in [0.15, 0.2) is 41.0 Å². The van der Waals surface area contributed by atoms with Gasteiger partial charge in [0, 0.05) is 17.0 Å². The van der Waals surface area contributed by atoms with E-state index in [1.807, 2.05) is 30.3 Å². The van der Waals surface area contributed by atoms with Crippen LogP contribution < -0.4 is 0 Å². The van der Waals surface area contributed by atoms with Crippen molar-refractivity contribution in [2.24, 2.45) is 4.99 Å². The Kier molecular flexibility index (Phi) is 4.52. The second-order valence-corrected chi connectivity index (χ2v) is 5.59. The lowest BCUT2D eigenvalue weighted by molar-refractivity contribution is -0.129. The first-order chi connectivity index (χ1) is 12.0. The summed E-state index contributed by atoms with van der Waals surface area (Å²) in [6, 6.07) is 9.20. The molecule has 0 aliphatic carbocycles. The largest absolute Gasteiger partial charge is 0.462 e. The zero-order valence-corrected chi connectivity index (χ0v) is 14.3. The van der Waals surface area contributed by atoms with Crippen molar-refractivity contribution < 1.29 is 19.1 Å². The molecule has 25 heavy (non-hydrogen) atoms. The molecular formula is C19H18N2O4. The summed E-state index contributed by atoms with van der Waals surface area (Å²) < 4.78 is 10.3. The summed E-state index contributed by atoms with van der Waals surface area (Å²) >= 11 is 0. The number of nitrogens with zero attached hydrogens (tertiary/aromatic N) is 1. The lowest BCUT2D eigenvalue weighted by Crippen LogP contribution is -2.06. The maximum atomic E-state index is 12.1. The number of aliphatic imine (C=N–C) groups is 1. The molecule has 0 bridgehead atoms. The van der Waals surface area contributed by atoms with Crippen molar-refractivity contribution in [2.75, 3.05) is 6.61 Å². The van der Waals surface area contributed by atoms with Crippen LogP contribution in [-0.4, -0.2) is 29.4 Å². The van der Waals surface area contributed by atoms with E-state index in [0.717, 1.165) is 5.56 Å². The van der Waals surface area contributed by atoms with E-state index in [9.17, 15) is 9.59 Å². The van der Waals surface area contributed by atoms with Gasteiger partial charge in [0.15, 0.2) is 5.70 Å². The Balaban J connectivity index is 1.96. The van der Waals surface area contributed by atoms with Crippen molar-refractivity contribution >= 4 is 23.9 Å². The number of aromatic amines is 1. The van der Waals surface area contributed by atoms with Gasteiger partial charge in [0.05, 0.1) is 12.2 Å². The number of nitrogens with one attached hydrogen (secondary N) is 1. The molecule has 6 nitrogen and oxygen atoms in total. The van der Waals surface area contributed by atoms with Gasteiger partial charge < -0.3 is 14.5 Å². The molecule has 0 saturated heterocycles. The van der Waals surface area contributed by atoms with Gasteiger partial charge in [-0.05, 0) is 44.5 Å². The summed E-state index contributed by atoms with van der Waals surface area (Å²) in [5, 5.41) is 0. The minimum absolute atomic E-state index is 0.179. The van der Waals surface area contributed by atoms with Gasteiger partial charge in [0.25, 0.3) is 0 Å². The minimum Gasteiger partial charge on any atom is -0.462 e. The van der Waals surface area contributed by atoms with Crippen LogP contribution >= 0.6 is 0 Å². The molecule has 0 spiro atoms. The molecule has 1 aromatic heterocycles. The zero-order chi connectivity index (χ0) is 18.0. The molecule has 0 radical (unpaired) electrons. The number of aryl methyl sites for hydroxylation is 1. The summed E-state index contributed by atoms with van der Waals surface area (Å²) in [5.41, 5.74) is 3.41. The van der Waals surface area contributed by atoms with Crippen molar-refractivity contribution in [3.8, 4) is 0 Å². The van der Waals surface area contributed by atoms with Crippen LogP contribution in [0.4, 0.5) is 0 Å². The molecule has 6 heteroatoms. The number of cyclic esters (lactones) is 1. The molecule has 0 unspecified atom stereocenters. The number of hydrogen-bond acceptors (Lipinski definition) is 5. The van der Waals surface area contributed by atoms with Crippen LogP contribution in [0.1, 0.15) is 39.8 Å². The summed E-state index contributed by atoms with van der Waals surface area (Å²) in [6.45, 7) is 5.64. The van der Waals surface area contributed by atoms with Gasteiger partial charge in [-0.15, -0.1) is 0 Å². The third-order valence-electron chi connectivity index (χ3n) is 3.88. The number of ether oxygens (including phenoxy) is 2. The summed E-state index contributed by atoms with van der Waals surface area (Å²) in [5.74, 6) is -0.646. The number of carbonyl (C=O) groups excluding carboxylic acids is 2. The van der Waals surface area contributed by atoms with Gasteiger partial charge in [0.1, 0.15) is 0 Å². The van der Waals surface area contributed by atoms with Crippen LogP contribution in [0.3, 0.4) is 0 Å². The number of H-pyrrole nitrogens is 1. The lowest BCUT2D eigenvalue weighted by Gasteiger charge is -2.01. The molecule has 2 heterocycles. The highest BCUT2D eigenvalue weighted by Crippen LogP contribution is 2.24. The van der Waals surface area contributed by atoms with Crippen LogP contribution in [-0.2, 0) is 14.3 Å². The molecule has 1 N–H and O–H groups in total. The van der Waals surface area contributed by atoms with E-state index in [4.69, 9.17) is 9.47 Å². The fourth-order valence-electron chi connectivity index (χ4n) is 2.68. The van der Waals surface area contributed by atoms with Crippen molar-refractivity contribution in [3.63, 3.8) is 0 Å². The van der Waals surface area contributed by atoms with Crippen molar-refractivity contribution in [1.29, 1.82) is 0 Å². The second kappa shape index (κ2) is 6.76. The summed E-state index contributed by atoms with van der Waals surface area (Å²) in [6.07, 6.45) is 1.59. The van der Waals surface area contributed by atoms with Crippen LogP contribution in [0.5, 0.6) is 0 Å². The standard InChI is InChI=1S/C19H18N2O4/c1-4-24-19(23)16-11(2)14(20-12(16)3)10-15-18(22)25-17(21-15)13-8-6-5-7-9-13/h5-10,20H,4H2,1-3H3/b15-10-. The number of rotatable bonds is 4. The normalized spacial score (nSPS) is 15.2. The van der Waals surface area contributed by atoms with Crippen molar-refractivity contribution in [1.82, 2.24) is 4.98 Å². The topological polar surface area (TPSA) is 80.8 Å². The zero-order valence-electron chi connectivity index (χ0n) is 14.3. The fraction of sp³-hybridized carbons (Fsp3) is 0.211. The van der Waals surface area contributed by atoms with E-state index >= 15 is 0 Å². The monoisotopic (exact) mass is 338 g/mol. The van der Waals surface area contributed by atoms with E-state index in [0.29, 0.717) is 29.1 Å². The maximum Gasteiger partial charge on any atom is 0.363 e. The number of hydrogen-bond donors (Lipinski definition) is 1. The molecule has 1 aromatic carbocycles. The van der Waals surface area contributed by atoms with Crippen LogP contribution in [0.25, 0.3) is 6.08 Å². The number of carbonyl (C=O) groups is 2. The Hall–Kier alpha value is -3.15. The van der Waals surface area contributed by atoms with E-state index in [1.54, 1.807) is 26.8 Å². The first-order valence-electron chi connectivity index (χ1n) is 7.95. The summed E-state index contributed by atoms with van der Waals surface area (Å²) in [4.78, 5) is 31.5. The smallest absolute Gasteiger partial charge is 0.363 e. The highest BCUT2D eigenvalue weighted by Gasteiger charge is 2.25. The molecule has 1 aliphatic rings. The fourth-order valence-corrected chi connectivity index (χ4v) is 2.68. The Morgan fingerprint density at radius 2 is 2.00 bits per heavy atom. The maximum absolute atomic E-state index is 12.1. The van der Waals surface area contributed by atoms with Crippen LogP contribution in [0, 0.1) is 13.8 Å². The van der Waals surface area contributed by atoms with Crippen LogP contribution in [0.2, 0.25) is 0 Å². The predicted molar refractivity (Wildman–Crippen MR) is 93.3 cm³/mol. The molecule has 3 rings (SSSR count). The van der Waals surface area contributed by atoms with Crippen molar-refractivity contribution in [2.45, 2.75) is 20.8 Å². The van der Waals surface area contributed by atoms with E-state index in [1.165, 1.54) is 0 Å². The van der Waals surface area contributed by atoms with E-state index in [2.05, 4.69) is 9.98 Å². The quantitative estimate of drug-likeness (QED) is 0.686. The first-order valence-corrected chi connectivity index (χ1v) is 7.95. The van der Waals surface area contributed by atoms with E-state index in [-0.39, 0.29) is 17.6 Å². The number of aromatic nitrogens is 1. The Morgan fingerprint density at radius 3 is 2.68 bits per heavy atom. The molecule has 0 atom stereocenters. The average molecular weight is 338 g/mol. The van der Waals surface area contributed by atoms with Gasteiger partial charge in [-0.3, -0.25) is 0 Å². The minimum atomic E-state index is -0.525. The average Bonchev–Trinajstić information content (AvgIpc) is 3.09.